The number of fused-ring (bicyclic) bond motifs is 3. The van der Waals surface area contributed by atoms with E-state index >= 15 is 0 Å². The fourth-order valence-corrected chi connectivity index (χ4v) is 4.01. The van der Waals surface area contributed by atoms with Crippen LogP contribution in [-0.4, -0.2) is 36.8 Å². The molecule has 0 heterocycles. The second kappa shape index (κ2) is 9.25. The van der Waals surface area contributed by atoms with E-state index in [4.69, 9.17) is 23.2 Å². The van der Waals surface area contributed by atoms with E-state index < -0.39 is 0 Å². The van der Waals surface area contributed by atoms with Crippen molar-refractivity contribution in [1.82, 2.24) is 0 Å². The van der Waals surface area contributed by atoms with Crippen LogP contribution in [0.3, 0.4) is 0 Å². The number of anilines is 1. The van der Waals surface area contributed by atoms with E-state index in [2.05, 4.69) is 63.6 Å². The van der Waals surface area contributed by atoms with Crippen molar-refractivity contribution < 1.29 is 0 Å². The van der Waals surface area contributed by atoms with Gasteiger partial charge in [0.15, 0.2) is 0 Å². The van der Waals surface area contributed by atoms with Crippen LogP contribution in [0, 0.1) is 0 Å². The lowest BCUT2D eigenvalue weighted by Gasteiger charge is -2.22. The van der Waals surface area contributed by atoms with E-state index in [0.29, 0.717) is 11.8 Å². The first-order valence-corrected chi connectivity index (χ1v) is 10.7. The maximum absolute atomic E-state index is 5.90. The summed E-state index contributed by atoms with van der Waals surface area (Å²) in [7, 11) is 0. The molecule has 0 aromatic heterocycles. The van der Waals surface area contributed by atoms with E-state index in [1.165, 1.54) is 11.1 Å². The Morgan fingerprint density at radius 1 is 0.690 bits per heavy atom. The topological polar surface area (TPSA) is 28.0 Å². The third-order valence-corrected chi connectivity index (χ3v) is 5.32. The number of halogens is 2. The average molecular weight is 422 g/mol. The molecule has 0 saturated carbocycles. The minimum Gasteiger partial charge on any atom is -0.369 e. The van der Waals surface area contributed by atoms with Crippen molar-refractivity contribution in [3.05, 3.63) is 89.5 Å². The molecule has 0 unspecified atom stereocenters. The summed E-state index contributed by atoms with van der Waals surface area (Å²) in [6.07, 6.45) is 1.79. The largest absolute Gasteiger partial charge is 0.369 e. The number of hydrogen-bond acceptors (Lipinski definition) is 3. The molecule has 0 fully saturated rings. The average Bonchev–Trinajstić information content (AvgIpc) is 3.08. The molecule has 4 rings (SSSR count). The Bertz CT molecular complexity index is 989. The van der Waals surface area contributed by atoms with E-state index in [1.807, 2.05) is 24.3 Å². The van der Waals surface area contributed by atoms with Gasteiger partial charge in [-0.05, 0) is 28.8 Å². The predicted octanol–water partition coefficient (Wildman–Crippen LogP) is 5.82. The van der Waals surface area contributed by atoms with Gasteiger partial charge in [0.2, 0.25) is 0 Å². The van der Waals surface area contributed by atoms with Crippen molar-refractivity contribution in [3.8, 4) is 11.1 Å². The highest BCUT2D eigenvalue weighted by molar-refractivity contribution is 6.24. The van der Waals surface area contributed by atoms with Crippen LogP contribution in [-0.2, 0) is 0 Å². The zero-order valence-electron chi connectivity index (χ0n) is 15.9. The number of alkyl halides is 2. The van der Waals surface area contributed by atoms with Gasteiger partial charge in [0, 0.05) is 41.7 Å². The molecular weight excluding hydrogens is 401 g/mol. The summed E-state index contributed by atoms with van der Waals surface area (Å²) in [5, 5.41) is 8.93. The van der Waals surface area contributed by atoms with Crippen molar-refractivity contribution >= 4 is 40.8 Å². The molecule has 0 saturated heterocycles. The third kappa shape index (κ3) is 4.21. The molecule has 0 N–H and O–H groups in total. The molecule has 5 heteroatoms. The Balaban J connectivity index is 1.56. The van der Waals surface area contributed by atoms with Gasteiger partial charge in [-0.15, -0.1) is 28.3 Å². The fraction of sp³-hybridized carbons (Fsp3) is 0.167. The molecule has 1 aliphatic carbocycles. The molecule has 146 valence electrons. The first kappa shape index (κ1) is 19.7. The summed E-state index contributed by atoms with van der Waals surface area (Å²) in [5.74, 6) is 1.14. The van der Waals surface area contributed by atoms with E-state index in [9.17, 15) is 0 Å². The summed E-state index contributed by atoms with van der Waals surface area (Å²) in [4.78, 5) is 2.17. The lowest BCUT2D eigenvalue weighted by atomic mass is 10.1. The quantitative estimate of drug-likeness (QED) is 0.209. The summed E-state index contributed by atoms with van der Waals surface area (Å²) < 4.78 is 0. The smallest absolute Gasteiger partial charge is 0.101 e. The van der Waals surface area contributed by atoms with Crippen molar-refractivity contribution in [3.63, 3.8) is 0 Å². The molecule has 3 nitrogen and oxygen atoms in total. The Morgan fingerprint density at radius 3 is 1.72 bits per heavy atom. The van der Waals surface area contributed by atoms with Gasteiger partial charge in [-0.25, -0.2) is 0 Å². The van der Waals surface area contributed by atoms with Crippen LogP contribution in [0.4, 0.5) is 5.69 Å². The number of nitrogens with zero attached hydrogens (tertiary/aromatic N) is 3. The SMILES string of the molecule is ClCCN(CCCl)c1ccc(C=NN=C2c3ccccc3-c3ccccc32)cc1. The zero-order chi connectivity index (χ0) is 20.1. The predicted molar refractivity (Wildman–Crippen MR) is 125 cm³/mol. The molecule has 0 atom stereocenters. The van der Waals surface area contributed by atoms with Crippen molar-refractivity contribution in [2.45, 2.75) is 0 Å². The van der Waals surface area contributed by atoms with E-state index in [-0.39, 0.29) is 0 Å². The highest BCUT2D eigenvalue weighted by Gasteiger charge is 2.23. The Hall–Kier alpha value is -2.62. The summed E-state index contributed by atoms with van der Waals surface area (Å²) in [6.45, 7) is 1.54. The molecular formula is C24H21Cl2N3. The number of hydrogen-bond donors (Lipinski definition) is 0. The van der Waals surface area contributed by atoms with Crippen LogP contribution < -0.4 is 4.90 Å². The molecule has 0 radical (unpaired) electrons. The lowest BCUT2D eigenvalue weighted by molar-refractivity contribution is 0.874. The van der Waals surface area contributed by atoms with Crippen molar-refractivity contribution in [2.24, 2.45) is 10.2 Å². The monoisotopic (exact) mass is 421 g/mol. The molecule has 0 spiro atoms. The zero-order valence-corrected chi connectivity index (χ0v) is 17.4. The highest BCUT2D eigenvalue weighted by atomic mass is 35.5. The van der Waals surface area contributed by atoms with Gasteiger partial charge in [-0.3, -0.25) is 0 Å². The Morgan fingerprint density at radius 2 is 1.21 bits per heavy atom. The Kier molecular flexibility index (Phi) is 6.28. The van der Waals surface area contributed by atoms with Crippen molar-refractivity contribution in [2.75, 3.05) is 29.7 Å². The normalized spacial score (nSPS) is 12.1. The summed E-state index contributed by atoms with van der Waals surface area (Å²) >= 11 is 11.8. The van der Waals surface area contributed by atoms with Crippen LogP contribution in [0.1, 0.15) is 16.7 Å². The van der Waals surface area contributed by atoms with Gasteiger partial charge in [-0.1, -0.05) is 60.7 Å². The minimum absolute atomic E-state index is 0.570. The van der Waals surface area contributed by atoms with Gasteiger partial charge in [0.1, 0.15) is 5.71 Å². The van der Waals surface area contributed by atoms with Crippen LogP contribution in [0.5, 0.6) is 0 Å². The first-order valence-electron chi connectivity index (χ1n) is 9.59. The molecule has 0 amide bonds. The number of rotatable bonds is 7. The highest BCUT2D eigenvalue weighted by Crippen LogP contribution is 2.36. The van der Waals surface area contributed by atoms with E-state index in [1.54, 1.807) is 6.21 Å². The second-order valence-electron chi connectivity index (χ2n) is 6.74. The second-order valence-corrected chi connectivity index (χ2v) is 7.50. The van der Waals surface area contributed by atoms with Crippen LogP contribution >= 0.6 is 23.2 Å². The summed E-state index contributed by atoms with van der Waals surface area (Å²) in [6, 6.07) is 24.8. The maximum atomic E-state index is 5.90. The van der Waals surface area contributed by atoms with Gasteiger partial charge in [-0.2, -0.15) is 5.10 Å². The molecule has 29 heavy (non-hydrogen) atoms. The van der Waals surface area contributed by atoms with Gasteiger partial charge in [0.05, 0.1) is 6.21 Å². The Labute approximate surface area is 181 Å². The minimum atomic E-state index is 0.570. The molecule has 3 aromatic rings. The van der Waals surface area contributed by atoms with Gasteiger partial charge < -0.3 is 4.90 Å². The van der Waals surface area contributed by atoms with Crippen LogP contribution in [0.15, 0.2) is 83.0 Å². The van der Waals surface area contributed by atoms with Gasteiger partial charge >= 0.3 is 0 Å². The maximum Gasteiger partial charge on any atom is 0.101 e. The molecule has 1 aliphatic rings. The van der Waals surface area contributed by atoms with Crippen LogP contribution in [0.25, 0.3) is 11.1 Å². The van der Waals surface area contributed by atoms with Crippen LogP contribution in [0.2, 0.25) is 0 Å². The third-order valence-electron chi connectivity index (χ3n) is 4.99. The standard InChI is InChI=1S/C24H21Cl2N3/c25-13-15-29(16-14-26)19-11-9-18(10-12-19)17-27-28-24-22-7-3-1-5-20(22)21-6-2-4-8-23(21)24/h1-12,17H,13-16H2. The number of benzene rings is 3. The molecule has 0 bridgehead atoms. The summed E-state index contributed by atoms with van der Waals surface area (Å²) in [5.41, 5.74) is 7.68. The van der Waals surface area contributed by atoms with E-state index in [0.717, 1.165) is 41.2 Å². The lowest BCUT2D eigenvalue weighted by Crippen LogP contribution is -2.27. The molecule has 0 aliphatic heterocycles. The van der Waals surface area contributed by atoms with Crippen molar-refractivity contribution in [1.29, 1.82) is 0 Å². The molecule has 3 aromatic carbocycles. The van der Waals surface area contributed by atoms with Gasteiger partial charge in [0.25, 0.3) is 0 Å². The fourth-order valence-electron chi connectivity index (χ4n) is 3.60. The first-order chi connectivity index (χ1) is 14.3.